The van der Waals surface area contributed by atoms with Gasteiger partial charge < -0.3 is 19.2 Å². The number of oxazole rings is 1. The molecule has 0 unspecified atom stereocenters. The van der Waals surface area contributed by atoms with Gasteiger partial charge in [0.25, 0.3) is 0 Å². The highest BCUT2D eigenvalue weighted by Gasteiger charge is 2.16. The second-order valence-corrected chi connectivity index (χ2v) is 7.61. The number of esters is 1. The normalized spacial score (nSPS) is 11.0. The molecule has 30 heavy (non-hydrogen) atoms. The summed E-state index contributed by atoms with van der Waals surface area (Å²) in [6, 6.07) is 16.3. The van der Waals surface area contributed by atoms with E-state index in [2.05, 4.69) is 10.3 Å². The third kappa shape index (κ3) is 6.20. The summed E-state index contributed by atoms with van der Waals surface area (Å²) in [5, 5.41) is 2.67. The molecule has 0 aliphatic rings. The summed E-state index contributed by atoms with van der Waals surface area (Å²) in [6.07, 6.45) is 1.11. The van der Waals surface area contributed by atoms with Crippen molar-refractivity contribution in [3.05, 3.63) is 77.8 Å². The topological polar surface area (TPSA) is 90.7 Å². The van der Waals surface area contributed by atoms with E-state index in [0.717, 1.165) is 11.1 Å². The first-order valence-electron chi connectivity index (χ1n) is 9.53. The second-order valence-electron chi connectivity index (χ2n) is 7.61. The van der Waals surface area contributed by atoms with Gasteiger partial charge in [-0.2, -0.15) is 0 Å². The fourth-order valence-electron chi connectivity index (χ4n) is 2.57. The maximum atomic E-state index is 12.2. The van der Waals surface area contributed by atoms with Gasteiger partial charge in [-0.15, -0.1) is 0 Å². The van der Waals surface area contributed by atoms with Gasteiger partial charge in [0, 0.05) is 12.1 Å². The van der Waals surface area contributed by atoms with E-state index in [1.807, 2.05) is 30.3 Å². The van der Waals surface area contributed by atoms with Crippen molar-refractivity contribution < 1.29 is 23.5 Å². The average molecular weight is 408 g/mol. The van der Waals surface area contributed by atoms with Crippen LogP contribution < -0.4 is 5.32 Å². The van der Waals surface area contributed by atoms with Crippen molar-refractivity contribution in [2.75, 3.05) is 0 Å². The SMILES string of the molecule is CC(C)(C)OC(=O)NCc1ccc(C(=O)OCc2ncc(-c3ccccc3)o2)cc1. The van der Waals surface area contributed by atoms with Crippen molar-refractivity contribution in [3.8, 4) is 11.3 Å². The van der Waals surface area contributed by atoms with E-state index in [0.29, 0.717) is 23.8 Å². The van der Waals surface area contributed by atoms with Crippen LogP contribution in [0.3, 0.4) is 0 Å². The van der Waals surface area contributed by atoms with Gasteiger partial charge in [0.05, 0.1) is 11.8 Å². The number of aromatic nitrogens is 1. The summed E-state index contributed by atoms with van der Waals surface area (Å²) in [5.74, 6) is 0.449. The number of amides is 1. The Balaban J connectivity index is 1.49. The molecule has 1 amide bonds. The van der Waals surface area contributed by atoms with E-state index in [1.165, 1.54) is 0 Å². The van der Waals surface area contributed by atoms with E-state index in [9.17, 15) is 9.59 Å². The van der Waals surface area contributed by atoms with Crippen molar-refractivity contribution in [1.29, 1.82) is 0 Å². The van der Waals surface area contributed by atoms with Crippen molar-refractivity contribution in [1.82, 2.24) is 10.3 Å². The lowest BCUT2D eigenvalue weighted by molar-refractivity contribution is 0.0437. The Morgan fingerprint density at radius 3 is 2.40 bits per heavy atom. The summed E-state index contributed by atoms with van der Waals surface area (Å²) in [5.41, 5.74) is 1.57. The minimum atomic E-state index is -0.553. The summed E-state index contributed by atoms with van der Waals surface area (Å²) in [7, 11) is 0. The van der Waals surface area contributed by atoms with Crippen LogP contribution in [-0.2, 0) is 22.6 Å². The summed E-state index contributed by atoms with van der Waals surface area (Å²) in [6.45, 7) is 5.63. The maximum absolute atomic E-state index is 12.2. The molecule has 3 rings (SSSR count). The van der Waals surface area contributed by atoms with Gasteiger partial charge in [-0.3, -0.25) is 0 Å². The maximum Gasteiger partial charge on any atom is 0.407 e. The summed E-state index contributed by atoms with van der Waals surface area (Å²) in [4.78, 5) is 28.1. The standard InChI is InChI=1S/C23H24N2O5/c1-23(2,3)30-22(27)25-13-16-9-11-18(12-10-16)21(26)28-15-20-24-14-19(29-20)17-7-5-4-6-8-17/h4-12,14H,13,15H2,1-3H3,(H,25,27). The van der Waals surface area contributed by atoms with Gasteiger partial charge in [-0.05, 0) is 38.5 Å². The largest absolute Gasteiger partial charge is 0.452 e. The zero-order chi connectivity index (χ0) is 21.6. The van der Waals surface area contributed by atoms with E-state index in [1.54, 1.807) is 51.2 Å². The number of carbonyl (C=O) groups is 2. The van der Waals surface area contributed by atoms with Gasteiger partial charge in [0.15, 0.2) is 12.4 Å². The lowest BCUT2D eigenvalue weighted by Gasteiger charge is -2.19. The third-order valence-electron chi connectivity index (χ3n) is 3.96. The molecule has 0 spiro atoms. The van der Waals surface area contributed by atoms with E-state index in [-0.39, 0.29) is 6.61 Å². The lowest BCUT2D eigenvalue weighted by Crippen LogP contribution is -2.32. The van der Waals surface area contributed by atoms with Crippen LogP contribution in [0.15, 0.2) is 65.2 Å². The van der Waals surface area contributed by atoms with Crippen LogP contribution in [0.25, 0.3) is 11.3 Å². The first-order chi connectivity index (χ1) is 14.3. The van der Waals surface area contributed by atoms with Crippen LogP contribution in [0, 0.1) is 0 Å². The Hall–Kier alpha value is -3.61. The zero-order valence-corrected chi connectivity index (χ0v) is 17.2. The van der Waals surface area contributed by atoms with Gasteiger partial charge in [0.2, 0.25) is 5.89 Å². The molecule has 156 valence electrons. The molecule has 1 N–H and O–H groups in total. The highest BCUT2D eigenvalue weighted by Crippen LogP contribution is 2.20. The van der Waals surface area contributed by atoms with Gasteiger partial charge in [-0.25, -0.2) is 14.6 Å². The minimum absolute atomic E-state index is 0.0619. The monoisotopic (exact) mass is 408 g/mol. The molecule has 0 saturated carbocycles. The molecule has 0 atom stereocenters. The predicted molar refractivity (Wildman–Crippen MR) is 111 cm³/mol. The van der Waals surface area contributed by atoms with Gasteiger partial charge in [0.1, 0.15) is 5.60 Å². The fraction of sp³-hybridized carbons (Fsp3) is 0.261. The Morgan fingerprint density at radius 1 is 1.03 bits per heavy atom. The molecule has 0 bridgehead atoms. The Bertz CT molecular complexity index is 988. The second kappa shape index (κ2) is 9.26. The van der Waals surface area contributed by atoms with Gasteiger partial charge in [-0.1, -0.05) is 42.5 Å². The smallest absolute Gasteiger partial charge is 0.407 e. The quantitative estimate of drug-likeness (QED) is 0.593. The van der Waals surface area contributed by atoms with Crippen molar-refractivity contribution in [3.63, 3.8) is 0 Å². The highest BCUT2D eigenvalue weighted by molar-refractivity contribution is 5.89. The Morgan fingerprint density at radius 2 is 1.73 bits per heavy atom. The zero-order valence-electron chi connectivity index (χ0n) is 17.2. The first kappa shape index (κ1) is 21.1. The molecular weight excluding hydrogens is 384 g/mol. The molecular formula is C23H24N2O5. The molecule has 2 aromatic carbocycles. The molecule has 0 radical (unpaired) electrons. The number of nitrogens with zero attached hydrogens (tertiary/aromatic N) is 1. The van der Waals surface area contributed by atoms with E-state index >= 15 is 0 Å². The minimum Gasteiger partial charge on any atom is -0.452 e. The molecule has 1 heterocycles. The van der Waals surface area contributed by atoms with Crippen molar-refractivity contribution in [2.45, 2.75) is 39.5 Å². The number of nitrogens with one attached hydrogen (secondary N) is 1. The Kier molecular flexibility index (Phi) is 6.51. The summed E-state index contributed by atoms with van der Waals surface area (Å²) >= 11 is 0. The third-order valence-corrected chi connectivity index (χ3v) is 3.96. The van der Waals surface area contributed by atoms with Gasteiger partial charge >= 0.3 is 12.1 Å². The molecule has 3 aromatic rings. The van der Waals surface area contributed by atoms with Crippen LogP contribution in [0.5, 0.6) is 0 Å². The molecule has 0 fully saturated rings. The highest BCUT2D eigenvalue weighted by atomic mass is 16.6. The van der Waals surface area contributed by atoms with E-state index in [4.69, 9.17) is 13.9 Å². The lowest BCUT2D eigenvalue weighted by atomic mass is 10.1. The van der Waals surface area contributed by atoms with Crippen molar-refractivity contribution in [2.24, 2.45) is 0 Å². The van der Waals surface area contributed by atoms with Crippen LogP contribution in [0.1, 0.15) is 42.6 Å². The molecule has 0 aliphatic heterocycles. The van der Waals surface area contributed by atoms with Crippen LogP contribution in [0.2, 0.25) is 0 Å². The number of hydrogen-bond donors (Lipinski definition) is 1. The average Bonchev–Trinajstić information content (AvgIpc) is 3.19. The molecule has 7 nitrogen and oxygen atoms in total. The number of hydrogen-bond acceptors (Lipinski definition) is 6. The number of alkyl carbamates (subject to hydrolysis) is 1. The van der Waals surface area contributed by atoms with Crippen LogP contribution in [-0.4, -0.2) is 22.6 Å². The number of benzene rings is 2. The van der Waals surface area contributed by atoms with E-state index < -0.39 is 17.7 Å². The molecule has 0 saturated heterocycles. The molecule has 0 aliphatic carbocycles. The molecule has 1 aromatic heterocycles. The molecule has 7 heteroatoms. The van der Waals surface area contributed by atoms with Crippen molar-refractivity contribution >= 4 is 12.1 Å². The Labute approximate surface area is 175 Å². The number of rotatable bonds is 6. The summed E-state index contributed by atoms with van der Waals surface area (Å²) < 4.78 is 16.1. The van der Waals surface area contributed by atoms with Crippen LogP contribution in [0.4, 0.5) is 4.79 Å². The first-order valence-corrected chi connectivity index (χ1v) is 9.53. The number of carbonyl (C=O) groups excluding carboxylic acids is 2. The predicted octanol–water partition coefficient (Wildman–Crippen LogP) is 4.72. The number of ether oxygens (including phenoxy) is 2. The van der Waals surface area contributed by atoms with Crippen LogP contribution >= 0.6 is 0 Å². The fourth-order valence-corrected chi connectivity index (χ4v) is 2.57.